The number of nitrogens with two attached hydrogens (primary N) is 1. The van der Waals surface area contributed by atoms with E-state index >= 15 is 0 Å². The highest BCUT2D eigenvalue weighted by atomic mass is 16.2. The fraction of sp³-hybridized carbons (Fsp3) is 0.889. The van der Waals surface area contributed by atoms with Gasteiger partial charge in [0.15, 0.2) is 0 Å². The van der Waals surface area contributed by atoms with Crippen molar-refractivity contribution in [1.82, 2.24) is 4.90 Å². The Hall–Kier alpha value is -0.570. The SMILES string of the molecule is NCCCN1C(=O)C2CCC1C2. The number of hydrogen-bond acceptors (Lipinski definition) is 2. The number of carbonyl (C=O) groups excluding carboxylic acids is 1. The molecule has 1 saturated carbocycles. The average molecular weight is 168 g/mol. The lowest BCUT2D eigenvalue weighted by atomic mass is 10.1. The van der Waals surface area contributed by atoms with Crippen LogP contribution in [0.5, 0.6) is 0 Å². The Balaban J connectivity index is 1.94. The van der Waals surface area contributed by atoms with Crippen molar-refractivity contribution in [2.24, 2.45) is 11.7 Å². The molecule has 0 aromatic rings. The largest absolute Gasteiger partial charge is 0.339 e. The first kappa shape index (κ1) is 8.05. The van der Waals surface area contributed by atoms with E-state index in [1.807, 2.05) is 4.90 Å². The Morgan fingerprint density at radius 2 is 2.33 bits per heavy atom. The topological polar surface area (TPSA) is 46.3 Å². The van der Waals surface area contributed by atoms with Crippen LogP contribution in [0.3, 0.4) is 0 Å². The molecule has 12 heavy (non-hydrogen) atoms. The van der Waals surface area contributed by atoms with Gasteiger partial charge in [-0.3, -0.25) is 4.79 Å². The lowest BCUT2D eigenvalue weighted by molar-refractivity contribution is -0.134. The van der Waals surface area contributed by atoms with E-state index in [4.69, 9.17) is 5.73 Å². The zero-order valence-corrected chi connectivity index (χ0v) is 7.33. The summed E-state index contributed by atoms with van der Waals surface area (Å²) in [7, 11) is 0. The zero-order valence-electron chi connectivity index (χ0n) is 7.33. The molecule has 0 aromatic heterocycles. The van der Waals surface area contributed by atoms with Crippen molar-refractivity contribution in [2.75, 3.05) is 13.1 Å². The van der Waals surface area contributed by atoms with E-state index in [9.17, 15) is 4.79 Å². The van der Waals surface area contributed by atoms with Gasteiger partial charge in [0.05, 0.1) is 0 Å². The van der Waals surface area contributed by atoms with Crippen molar-refractivity contribution in [1.29, 1.82) is 0 Å². The van der Waals surface area contributed by atoms with Crippen molar-refractivity contribution in [3.05, 3.63) is 0 Å². The molecule has 68 valence electrons. The highest BCUT2D eigenvalue weighted by Gasteiger charge is 2.43. The van der Waals surface area contributed by atoms with E-state index in [1.165, 1.54) is 6.42 Å². The van der Waals surface area contributed by atoms with Gasteiger partial charge in [-0.05, 0) is 32.2 Å². The van der Waals surface area contributed by atoms with Gasteiger partial charge in [0.25, 0.3) is 0 Å². The van der Waals surface area contributed by atoms with Gasteiger partial charge in [0, 0.05) is 18.5 Å². The molecule has 0 aromatic carbocycles. The highest BCUT2D eigenvalue weighted by molar-refractivity contribution is 5.82. The molecule has 2 rings (SSSR count). The summed E-state index contributed by atoms with van der Waals surface area (Å²) in [6.45, 7) is 1.58. The van der Waals surface area contributed by atoms with Crippen molar-refractivity contribution in [3.63, 3.8) is 0 Å². The molecule has 1 aliphatic heterocycles. The molecule has 3 nitrogen and oxygen atoms in total. The quantitative estimate of drug-likeness (QED) is 0.660. The second-order valence-corrected chi connectivity index (χ2v) is 3.84. The van der Waals surface area contributed by atoms with E-state index in [0.29, 0.717) is 24.4 Å². The van der Waals surface area contributed by atoms with E-state index < -0.39 is 0 Å². The van der Waals surface area contributed by atoms with Crippen LogP contribution in [0.1, 0.15) is 25.7 Å². The van der Waals surface area contributed by atoms with Gasteiger partial charge in [0.1, 0.15) is 0 Å². The molecule has 2 aliphatic rings. The molecule has 2 fully saturated rings. The molecule has 0 radical (unpaired) electrons. The second-order valence-electron chi connectivity index (χ2n) is 3.84. The first-order valence-electron chi connectivity index (χ1n) is 4.83. The maximum atomic E-state index is 11.6. The maximum absolute atomic E-state index is 11.6. The summed E-state index contributed by atoms with van der Waals surface area (Å²) in [6.07, 6.45) is 4.42. The molecule has 2 bridgehead atoms. The molecular weight excluding hydrogens is 152 g/mol. The summed E-state index contributed by atoms with van der Waals surface area (Å²) < 4.78 is 0. The van der Waals surface area contributed by atoms with Gasteiger partial charge in [0.2, 0.25) is 5.91 Å². The fourth-order valence-electron chi connectivity index (χ4n) is 2.43. The third-order valence-electron chi connectivity index (χ3n) is 3.08. The van der Waals surface area contributed by atoms with Crippen LogP contribution < -0.4 is 5.73 Å². The molecule has 1 heterocycles. The lowest BCUT2D eigenvalue weighted by Crippen LogP contribution is -2.38. The number of piperidine rings is 1. The highest BCUT2D eigenvalue weighted by Crippen LogP contribution is 2.38. The van der Waals surface area contributed by atoms with Crippen molar-refractivity contribution < 1.29 is 4.79 Å². The van der Waals surface area contributed by atoms with E-state index in [2.05, 4.69) is 0 Å². The molecule has 2 unspecified atom stereocenters. The third-order valence-corrected chi connectivity index (χ3v) is 3.08. The molecular formula is C9H16N2O. The number of carbonyl (C=O) groups is 1. The Kier molecular flexibility index (Phi) is 2.05. The number of amides is 1. The molecule has 1 saturated heterocycles. The Morgan fingerprint density at radius 1 is 1.50 bits per heavy atom. The van der Waals surface area contributed by atoms with Gasteiger partial charge in [-0.25, -0.2) is 0 Å². The van der Waals surface area contributed by atoms with Crippen LogP contribution in [0.25, 0.3) is 0 Å². The molecule has 1 amide bonds. The van der Waals surface area contributed by atoms with Crippen molar-refractivity contribution in [2.45, 2.75) is 31.7 Å². The molecule has 2 N–H and O–H groups in total. The van der Waals surface area contributed by atoms with Crippen LogP contribution in [0, 0.1) is 5.92 Å². The summed E-state index contributed by atoms with van der Waals surface area (Å²) in [4.78, 5) is 13.6. The lowest BCUT2D eigenvalue weighted by Gasteiger charge is -2.26. The first-order chi connectivity index (χ1) is 5.83. The smallest absolute Gasteiger partial charge is 0.226 e. The standard InChI is InChI=1S/C9H16N2O/c10-4-1-5-11-8-3-2-7(6-8)9(11)12/h7-8H,1-6,10H2. The summed E-state index contributed by atoms with van der Waals surface area (Å²) >= 11 is 0. The number of likely N-dealkylation sites (tertiary alicyclic amines) is 1. The molecule has 1 aliphatic carbocycles. The third kappa shape index (κ3) is 1.12. The minimum atomic E-state index is 0.368. The van der Waals surface area contributed by atoms with Gasteiger partial charge >= 0.3 is 0 Å². The van der Waals surface area contributed by atoms with Gasteiger partial charge < -0.3 is 10.6 Å². The Labute approximate surface area is 72.9 Å². The van der Waals surface area contributed by atoms with Crippen LogP contribution in [-0.2, 0) is 4.79 Å². The van der Waals surface area contributed by atoms with E-state index in [1.54, 1.807) is 0 Å². The van der Waals surface area contributed by atoms with Crippen molar-refractivity contribution >= 4 is 5.91 Å². The van der Waals surface area contributed by atoms with Crippen LogP contribution in [0.4, 0.5) is 0 Å². The van der Waals surface area contributed by atoms with Crippen LogP contribution in [-0.4, -0.2) is 29.9 Å². The number of hydrogen-bond donors (Lipinski definition) is 1. The molecule has 2 atom stereocenters. The number of rotatable bonds is 3. The predicted octanol–water partition coefficient (Wildman–Crippen LogP) is 0.346. The van der Waals surface area contributed by atoms with E-state index in [-0.39, 0.29) is 0 Å². The summed E-state index contributed by atoms with van der Waals surface area (Å²) in [5.74, 6) is 0.757. The summed E-state index contributed by atoms with van der Waals surface area (Å²) in [5.41, 5.74) is 5.41. The Morgan fingerprint density at radius 3 is 2.92 bits per heavy atom. The maximum Gasteiger partial charge on any atom is 0.226 e. The number of fused-ring (bicyclic) bond motifs is 2. The molecule has 0 spiro atoms. The minimum Gasteiger partial charge on any atom is -0.339 e. The normalized spacial score (nSPS) is 33.4. The summed E-state index contributed by atoms with van der Waals surface area (Å²) in [5, 5.41) is 0. The number of nitrogens with zero attached hydrogens (tertiary/aromatic N) is 1. The van der Waals surface area contributed by atoms with E-state index in [0.717, 1.165) is 25.8 Å². The second kappa shape index (κ2) is 3.05. The predicted molar refractivity (Wildman–Crippen MR) is 46.5 cm³/mol. The van der Waals surface area contributed by atoms with Crippen molar-refractivity contribution in [3.8, 4) is 0 Å². The monoisotopic (exact) mass is 168 g/mol. The van der Waals surface area contributed by atoms with Crippen LogP contribution in [0.2, 0.25) is 0 Å². The Bertz CT molecular complexity index is 193. The zero-order chi connectivity index (χ0) is 8.55. The average Bonchev–Trinajstić information content (AvgIpc) is 2.62. The van der Waals surface area contributed by atoms with Crippen LogP contribution >= 0.6 is 0 Å². The van der Waals surface area contributed by atoms with Gasteiger partial charge in [-0.15, -0.1) is 0 Å². The first-order valence-corrected chi connectivity index (χ1v) is 4.83. The summed E-state index contributed by atoms with van der Waals surface area (Å²) in [6, 6.07) is 0.564. The molecule has 3 heteroatoms. The van der Waals surface area contributed by atoms with Gasteiger partial charge in [-0.2, -0.15) is 0 Å². The van der Waals surface area contributed by atoms with Gasteiger partial charge in [-0.1, -0.05) is 0 Å². The minimum absolute atomic E-state index is 0.368. The van der Waals surface area contributed by atoms with Crippen LogP contribution in [0.15, 0.2) is 0 Å². The fourth-order valence-corrected chi connectivity index (χ4v) is 2.43.